The summed E-state index contributed by atoms with van der Waals surface area (Å²) in [6.07, 6.45) is 2.61. The predicted octanol–water partition coefficient (Wildman–Crippen LogP) is 3.18. The molecule has 0 saturated carbocycles. The van der Waals surface area contributed by atoms with E-state index in [9.17, 15) is 14.0 Å². The van der Waals surface area contributed by atoms with Gasteiger partial charge in [-0.2, -0.15) is 5.26 Å². The molecule has 0 radical (unpaired) electrons. The molecule has 150 valence electrons. The molecule has 0 N–H and O–H groups in total. The van der Waals surface area contributed by atoms with E-state index in [1.807, 2.05) is 6.07 Å². The predicted molar refractivity (Wildman–Crippen MR) is 101 cm³/mol. The number of hydrogen-bond donors (Lipinski definition) is 0. The van der Waals surface area contributed by atoms with E-state index in [1.54, 1.807) is 18.2 Å². The van der Waals surface area contributed by atoms with Crippen LogP contribution in [0.5, 0.6) is 17.2 Å². The van der Waals surface area contributed by atoms with Crippen LogP contribution < -0.4 is 14.2 Å². The Labute approximate surface area is 166 Å². The van der Waals surface area contributed by atoms with Crippen molar-refractivity contribution in [2.45, 2.75) is 0 Å². The number of hydrogen-bond acceptors (Lipinski definition) is 7. The summed E-state index contributed by atoms with van der Waals surface area (Å²) in [6, 6.07) is 10.5. The van der Waals surface area contributed by atoms with Crippen LogP contribution in [0.3, 0.4) is 0 Å². The van der Waals surface area contributed by atoms with Crippen molar-refractivity contribution in [2.24, 2.45) is 0 Å². The molecular formula is C21H18FNO6. The summed E-state index contributed by atoms with van der Waals surface area (Å²) in [5, 5.41) is 8.56. The molecule has 0 atom stereocenters. The summed E-state index contributed by atoms with van der Waals surface area (Å²) in [5.74, 6) is -1.16. The van der Waals surface area contributed by atoms with Crippen molar-refractivity contribution in [1.82, 2.24) is 0 Å². The maximum absolute atomic E-state index is 13.6. The van der Waals surface area contributed by atoms with Crippen molar-refractivity contribution in [3.8, 4) is 23.3 Å². The van der Waals surface area contributed by atoms with Gasteiger partial charge in [-0.15, -0.1) is 0 Å². The lowest BCUT2D eigenvalue weighted by molar-refractivity contribution is -0.136. The number of nitrogens with zero attached hydrogens (tertiary/aromatic N) is 1. The van der Waals surface area contributed by atoms with Crippen LogP contribution in [0.25, 0.3) is 6.08 Å². The Morgan fingerprint density at radius 3 is 2.45 bits per heavy atom. The van der Waals surface area contributed by atoms with Gasteiger partial charge in [0.05, 0.1) is 14.2 Å². The molecule has 2 rings (SSSR count). The molecule has 29 heavy (non-hydrogen) atoms. The first-order valence-electron chi connectivity index (χ1n) is 8.38. The number of nitriles is 1. The lowest BCUT2D eigenvalue weighted by Crippen LogP contribution is -2.12. The third kappa shape index (κ3) is 6.07. The number of rotatable bonds is 9. The molecule has 0 unspecified atom stereocenters. The highest BCUT2D eigenvalue weighted by Gasteiger charge is 2.12. The van der Waals surface area contributed by atoms with Crippen LogP contribution in [0.2, 0.25) is 0 Å². The van der Waals surface area contributed by atoms with Crippen molar-refractivity contribution < 1.29 is 32.9 Å². The second kappa shape index (κ2) is 10.5. The molecule has 7 nitrogen and oxygen atoms in total. The summed E-state index contributed by atoms with van der Waals surface area (Å²) in [6.45, 7) is -0.650. The zero-order valence-corrected chi connectivity index (χ0v) is 15.8. The number of Topliss-reactive ketones (excluding diaryl/α,β-unsaturated/α-hetero) is 1. The minimum atomic E-state index is -0.740. The molecule has 0 saturated heterocycles. The lowest BCUT2D eigenvalue weighted by atomic mass is 10.1. The Hall–Kier alpha value is -3.86. The van der Waals surface area contributed by atoms with Gasteiger partial charge in [0, 0.05) is 11.6 Å². The van der Waals surface area contributed by atoms with E-state index in [4.69, 9.17) is 24.2 Å². The van der Waals surface area contributed by atoms with Crippen LogP contribution in [0.1, 0.15) is 15.9 Å². The topological polar surface area (TPSA) is 94.9 Å². The minimum Gasteiger partial charge on any atom is -0.494 e. The first-order valence-corrected chi connectivity index (χ1v) is 8.38. The number of halogens is 1. The molecular weight excluding hydrogens is 381 g/mol. The van der Waals surface area contributed by atoms with Crippen molar-refractivity contribution >= 4 is 17.8 Å². The van der Waals surface area contributed by atoms with Crippen LogP contribution in [0.4, 0.5) is 4.39 Å². The molecule has 0 aliphatic heterocycles. The van der Waals surface area contributed by atoms with Gasteiger partial charge in [-0.25, -0.2) is 9.18 Å². The van der Waals surface area contributed by atoms with Crippen molar-refractivity contribution in [1.29, 1.82) is 5.26 Å². The molecule has 0 aromatic heterocycles. The lowest BCUT2D eigenvalue weighted by Gasteiger charge is -2.08. The second-order valence-electron chi connectivity index (χ2n) is 5.57. The number of carbonyl (C=O) groups is 2. The maximum atomic E-state index is 13.6. The molecule has 0 aliphatic carbocycles. The highest BCUT2D eigenvalue weighted by Crippen LogP contribution is 2.28. The van der Waals surface area contributed by atoms with Crippen LogP contribution in [0.15, 0.2) is 42.5 Å². The van der Waals surface area contributed by atoms with Gasteiger partial charge in [0.15, 0.2) is 42.1 Å². The SMILES string of the molecule is COc1ccc(C(=O)COC(=O)/C=C/c2ccc(OCC#N)c(OC)c2)cc1F. The van der Waals surface area contributed by atoms with Gasteiger partial charge in [-0.05, 0) is 42.0 Å². The van der Waals surface area contributed by atoms with E-state index in [-0.39, 0.29) is 17.9 Å². The fraction of sp³-hybridized carbons (Fsp3) is 0.190. The Morgan fingerprint density at radius 2 is 1.79 bits per heavy atom. The summed E-state index contributed by atoms with van der Waals surface area (Å²) in [5.41, 5.74) is 0.685. The average molecular weight is 399 g/mol. The van der Waals surface area contributed by atoms with Crippen molar-refractivity contribution in [3.05, 3.63) is 59.4 Å². The average Bonchev–Trinajstić information content (AvgIpc) is 2.74. The number of ketones is 1. The van der Waals surface area contributed by atoms with Gasteiger partial charge in [0.25, 0.3) is 0 Å². The summed E-state index contributed by atoms with van der Waals surface area (Å²) < 4.78 is 33.7. The first kappa shape index (κ1) is 21.4. The standard InChI is InChI=1S/C21H18FNO6/c1-26-18-7-5-15(12-16(18)22)17(24)13-29-21(25)8-4-14-3-6-19(28-10-9-23)20(11-14)27-2/h3-8,11-12H,10,13H2,1-2H3/b8-4+. The Balaban J connectivity index is 1.95. The number of esters is 1. The largest absolute Gasteiger partial charge is 0.494 e. The summed E-state index contributed by atoms with van der Waals surface area (Å²) in [4.78, 5) is 23.9. The minimum absolute atomic E-state index is 0.0148. The van der Waals surface area contributed by atoms with Gasteiger partial charge in [0.2, 0.25) is 0 Å². The maximum Gasteiger partial charge on any atom is 0.331 e. The molecule has 8 heteroatoms. The van der Waals surface area contributed by atoms with E-state index in [1.165, 1.54) is 32.4 Å². The van der Waals surface area contributed by atoms with Crippen molar-refractivity contribution in [2.75, 3.05) is 27.4 Å². The van der Waals surface area contributed by atoms with Gasteiger partial charge in [0.1, 0.15) is 6.07 Å². The third-order valence-electron chi connectivity index (χ3n) is 3.71. The molecule has 0 aliphatic rings. The van der Waals surface area contributed by atoms with Gasteiger partial charge in [-0.3, -0.25) is 4.79 Å². The van der Waals surface area contributed by atoms with Gasteiger partial charge in [-0.1, -0.05) is 6.07 Å². The first-order chi connectivity index (χ1) is 14.0. The van der Waals surface area contributed by atoms with Crippen molar-refractivity contribution in [3.63, 3.8) is 0 Å². The monoisotopic (exact) mass is 399 g/mol. The van der Waals surface area contributed by atoms with Gasteiger partial charge >= 0.3 is 5.97 Å². The molecule has 0 fully saturated rings. The van der Waals surface area contributed by atoms with E-state index in [0.717, 1.165) is 12.1 Å². The van der Waals surface area contributed by atoms with Crippen LogP contribution in [-0.4, -0.2) is 39.2 Å². The summed E-state index contributed by atoms with van der Waals surface area (Å²) in [7, 11) is 2.76. The van der Waals surface area contributed by atoms with Gasteiger partial charge < -0.3 is 18.9 Å². The zero-order valence-electron chi connectivity index (χ0n) is 15.8. The normalized spacial score (nSPS) is 10.3. The Morgan fingerprint density at radius 1 is 1.07 bits per heavy atom. The van der Waals surface area contributed by atoms with Crippen LogP contribution in [-0.2, 0) is 9.53 Å². The number of benzene rings is 2. The number of carbonyl (C=O) groups excluding carboxylic acids is 2. The Bertz CT molecular complexity index is 964. The fourth-order valence-corrected chi connectivity index (χ4v) is 2.29. The third-order valence-corrected chi connectivity index (χ3v) is 3.71. The zero-order chi connectivity index (χ0) is 21.2. The molecule has 0 bridgehead atoms. The van der Waals surface area contributed by atoms with E-state index >= 15 is 0 Å². The smallest absolute Gasteiger partial charge is 0.331 e. The number of methoxy groups -OCH3 is 2. The van der Waals surface area contributed by atoms with E-state index in [2.05, 4.69) is 0 Å². The Kier molecular flexibility index (Phi) is 7.74. The molecule has 0 spiro atoms. The molecule has 0 heterocycles. The summed E-state index contributed by atoms with van der Waals surface area (Å²) >= 11 is 0. The fourth-order valence-electron chi connectivity index (χ4n) is 2.29. The highest BCUT2D eigenvalue weighted by atomic mass is 19.1. The van der Waals surface area contributed by atoms with Crippen LogP contribution >= 0.6 is 0 Å². The van der Waals surface area contributed by atoms with E-state index in [0.29, 0.717) is 17.1 Å². The quantitative estimate of drug-likeness (QED) is 0.363. The van der Waals surface area contributed by atoms with E-state index < -0.39 is 24.2 Å². The molecule has 2 aromatic carbocycles. The molecule has 2 aromatic rings. The second-order valence-corrected chi connectivity index (χ2v) is 5.57. The number of ether oxygens (including phenoxy) is 4. The van der Waals surface area contributed by atoms with Crippen LogP contribution in [0, 0.1) is 17.1 Å². The highest BCUT2D eigenvalue weighted by molar-refractivity contribution is 5.99. The molecule has 0 amide bonds.